The number of piperidine rings is 1. The van der Waals surface area contributed by atoms with Crippen LogP contribution >= 0.6 is 0 Å². The van der Waals surface area contributed by atoms with Crippen LogP contribution in [0.4, 0.5) is 4.39 Å². The van der Waals surface area contributed by atoms with Crippen LogP contribution in [0.25, 0.3) is 11.0 Å². The average molecular weight is 291 g/mol. The van der Waals surface area contributed by atoms with E-state index < -0.39 is 0 Å². The molecule has 2 heterocycles. The monoisotopic (exact) mass is 291 g/mol. The Kier molecular flexibility index (Phi) is 4.51. The number of fused-ring (bicyclic) bond motifs is 1. The van der Waals surface area contributed by atoms with E-state index in [9.17, 15) is 4.39 Å². The number of nitrogens with two attached hydrogens (primary N) is 1. The van der Waals surface area contributed by atoms with Crippen LogP contribution in [0.2, 0.25) is 0 Å². The van der Waals surface area contributed by atoms with Gasteiger partial charge in [-0.1, -0.05) is 11.6 Å². The van der Waals surface area contributed by atoms with Crippen molar-refractivity contribution in [3.8, 4) is 0 Å². The van der Waals surface area contributed by atoms with E-state index in [0.29, 0.717) is 5.58 Å². The van der Waals surface area contributed by atoms with Crippen LogP contribution in [0.1, 0.15) is 43.8 Å². The fraction of sp³-hybridized carbons (Fsp3) is 0.562. The number of benzene rings is 1. The molecule has 0 saturated carbocycles. The zero-order valence-corrected chi connectivity index (χ0v) is 12.2. The third-order valence-corrected chi connectivity index (χ3v) is 4.29. The largest absolute Gasteiger partial charge is 0.356 e. The summed E-state index contributed by atoms with van der Waals surface area (Å²) in [5.41, 5.74) is 7.08. The molecule has 2 N–H and O–H groups in total. The van der Waals surface area contributed by atoms with Crippen molar-refractivity contribution in [1.29, 1.82) is 0 Å². The van der Waals surface area contributed by atoms with Crippen LogP contribution in [0.15, 0.2) is 22.7 Å². The van der Waals surface area contributed by atoms with Crippen molar-refractivity contribution in [1.82, 2.24) is 10.1 Å². The van der Waals surface area contributed by atoms with Gasteiger partial charge in [0.1, 0.15) is 11.5 Å². The maximum atomic E-state index is 13.3. The van der Waals surface area contributed by atoms with E-state index in [1.165, 1.54) is 25.0 Å². The molecule has 1 fully saturated rings. The Morgan fingerprint density at radius 1 is 1.33 bits per heavy atom. The van der Waals surface area contributed by atoms with Crippen LogP contribution in [0, 0.1) is 5.82 Å². The van der Waals surface area contributed by atoms with Crippen molar-refractivity contribution in [2.24, 2.45) is 5.73 Å². The van der Waals surface area contributed by atoms with E-state index in [1.54, 1.807) is 6.07 Å². The molecular formula is C16H22FN3O. The van der Waals surface area contributed by atoms with E-state index >= 15 is 0 Å². The lowest BCUT2D eigenvalue weighted by atomic mass is 9.97. The SMILES string of the molecule is NCCCCN1CCCCC1c1noc2cc(F)ccc12. The van der Waals surface area contributed by atoms with Gasteiger partial charge in [0.05, 0.1) is 6.04 Å². The van der Waals surface area contributed by atoms with Gasteiger partial charge in [0.15, 0.2) is 5.58 Å². The van der Waals surface area contributed by atoms with Crippen molar-refractivity contribution >= 4 is 11.0 Å². The van der Waals surface area contributed by atoms with E-state index in [0.717, 1.165) is 50.0 Å². The molecule has 1 aliphatic heterocycles. The van der Waals surface area contributed by atoms with E-state index in [2.05, 4.69) is 10.1 Å². The topological polar surface area (TPSA) is 55.3 Å². The first-order chi connectivity index (χ1) is 10.3. The smallest absolute Gasteiger partial charge is 0.170 e. The van der Waals surface area contributed by atoms with Gasteiger partial charge in [-0.3, -0.25) is 4.90 Å². The summed E-state index contributed by atoms with van der Waals surface area (Å²) < 4.78 is 18.6. The number of hydrogen-bond donors (Lipinski definition) is 1. The highest BCUT2D eigenvalue weighted by Gasteiger charge is 2.27. The van der Waals surface area contributed by atoms with Crippen molar-refractivity contribution < 1.29 is 8.91 Å². The first-order valence-electron chi connectivity index (χ1n) is 7.78. The highest BCUT2D eigenvalue weighted by Crippen LogP contribution is 2.34. The molecule has 5 heteroatoms. The number of hydrogen-bond acceptors (Lipinski definition) is 4. The predicted octanol–water partition coefficient (Wildman–Crippen LogP) is 3.23. The van der Waals surface area contributed by atoms with Gasteiger partial charge in [-0.15, -0.1) is 0 Å². The van der Waals surface area contributed by atoms with Crippen molar-refractivity contribution in [2.45, 2.75) is 38.1 Å². The Morgan fingerprint density at radius 3 is 3.10 bits per heavy atom. The van der Waals surface area contributed by atoms with Crippen LogP contribution in [0.3, 0.4) is 0 Å². The van der Waals surface area contributed by atoms with Gasteiger partial charge >= 0.3 is 0 Å². The lowest BCUT2D eigenvalue weighted by Crippen LogP contribution is -2.34. The lowest BCUT2D eigenvalue weighted by molar-refractivity contribution is 0.141. The predicted molar refractivity (Wildman–Crippen MR) is 80.4 cm³/mol. The summed E-state index contributed by atoms with van der Waals surface area (Å²) >= 11 is 0. The van der Waals surface area contributed by atoms with Crippen molar-refractivity contribution in [3.63, 3.8) is 0 Å². The minimum atomic E-state index is -0.284. The Labute approximate surface area is 124 Å². The van der Waals surface area contributed by atoms with Crippen molar-refractivity contribution in [3.05, 3.63) is 29.7 Å². The molecule has 3 rings (SSSR count). The maximum absolute atomic E-state index is 13.3. The first kappa shape index (κ1) is 14.5. The zero-order chi connectivity index (χ0) is 14.7. The summed E-state index contributed by atoms with van der Waals surface area (Å²) in [7, 11) is 0. The molecular weight excluding hydrogens is 269 g/mol. The molecule has 1 atom stereocenters. The normalized spacial score (nSPS) is 20.2. The number of nitrogens with zero attached hydrogens (tertiary/aromatic N) is 2. The summed E-state index contributed by atoms with van der Waals surface area (Å²) in [5.74, 6) is -0.284. The molecule has 0 aliphatic carbocycles. The second-order valence-corrected chi connectivity index (χ2v) is 5.75. The summed E-state index contributed by atoms with van der Waals surface area (Å²) in [5, 5.41) is 5.17. The van der Waals surface area contributed by atoms with E-state index in [4.69, 9.17) is 10.3 Å². The molecule has 1 aliphatic rings. The van der Waals surface area contributed by atoms with Gasteiger partial charge in [-0.25, -0.2) is 4.39 Å². The minimum Gasteiger partial charge on any atom is -0.356 e. The van der Waals surface area contributed by atoms with Crippen LogP contribution in [0.5, 0.6) is 0 Å². The molecule has 1 aromatic heterocycles. The van der Waals surface area contributed by atoms with Gasteiger partial charge in [0.2, 0.25) is 0 Å². The number of halogens is 1. The third kappa shape index (κ3) is 3.09. The minimum absolute atomic E-state index is 0.281. The summed E-state index contributed by atoms with van der Waals surface area (Å²) in [6.07, 6.45) is 5.67. The molecule has 4 nitrogen and oxygen atoms in total. The summed E-state index contributed by atoms with van der Waals surface area (Å²) in [6.45, 7) is 2.87. The molecule has 1 saturated heterocycles. The number of rotatable bonds is 5. The number of likely N-dealkylation sites (tertiary alicyclic amines) is 1. The highest BCUT2D eigenvalue weighted by atomic mass is 19.1. The van der Waals surface area contributed by atoms with Crippen LogP contribution in [-0.4, -0.2) is 29.7 Å². The molecule has 0 radical (unpaired) electrons. The third-order valence-electron chi connectivity index (χ3n) is 4.29. The second kappa shape index (κ2) is 6.54. The molecule has 21 heavy (non-hydrogen) atoms. The number of aromatic nitrogens is 1. The molecule has 0 amide bonds. The molecule has 1 aromatic carbocycles. The van der Waals surface area contributed by atoms with Gasteiger partial charge < -0.3 is 10.3 Å². The molecule has 114 valence electrons. The molecule has 0 spiro atoms. The second-order valence-electron chi connectivity index (χ2n) is 5.75. The van der Waals surface area contributed by atoms with Gasteiger partial charge in [-0.2, -0.15) is 0 Å². The quantitative estimate of drug-likeness (QED) is 0.859. The fourth-order valence-electron chi connectivity index (χ4n) is 3.20. The van der Waals surface area contributed by atoms with E-state index in [-0.39, 0.29) is 11.9 Å². The summed E-state index contributed by atoms with van der Waals surface area (Å²) in [4.78, 5) is 2.47. The first-order valence-corrected chi connectivity index (χ1v) is 7.78. The molecule has 2 aromatic rings. The Morgan fingerprint density at radius 2 is 2.24 bits per heavy atom. The van der Waals surface area contributed by atoms with E-state index in [1.807, 2.05) is 0 Å². The molecule has 1 unspecified atom stereocenters. The number of unbranched alkanes of at least 4 members (excludes halogenated alkanes) is 1. The van der Waals surface area contributed by atoms with Crippen LogP contribution < -0.4 is 5.73 Å². The standard InChI is InChI=1S/C16H22FN3O/c17-12-6-7-13-15(11-12)21-19-16(13)14-5-1-3-9-20(14)10-4-2-8-18/h6-7,11,14H,1-5,8-10,18H2. The fourth-order valence-corrected chi connectivity index (χ4v) is 3.20. The Balaban J connectivity index is 1.84. The van der Waals surface area contributed by atoms with Gasteiger partial charge in [0.25, 0.3) is 0 Å². The highest BCUT2D eigenvalue weighted by molar-refractivity contribution is 5.79. The van der Waals surface area contributed by atoms with Crippen molar-refractivity contribution in [2.75, 3.05) is 19.6 Å². The maximum Gasteiger partial charge on any atom is 0.170 e. The van der Waals surface area contributed by atoms with Gasteiger partial charge in [-0.05, 0) is 57.5 Å². The van der Waals surface area contributed by atoms with Gasteiger partial charge in [0, 0.05) is 11.5 Å². The Hall–Kier alpha value is -1.46. The van der Waals surface area contributed by atoms with Crippen LogP contribution in [-0.2, 0) is 0 Å². The average Bonchev–Trinajstić information content (AvgIpc) is 2.91. The zero-order valence-electron chi connectivity index (χ0n) is 12.2. The lowest BCUT2D eigenvalue weighted by Gasteiger charge is -2.34. The Bertz CT molecular complexity index is 598. The molecule has 0 bridgehead atoms. The summed E-state index contributed by atoms with van der Waals surface area (Å²) in [6, 6.07) is 4.95.